The predicted octanol–water partition coefficient (Wildman–Crippen LogP) is 4.87. The van der Waals surface area contributed by atoms with Crippen molar-refractivity contribution in [1.82, 2.24) is 0 Å². The summed E-state index contributed by atoms with van der Waals surface area (Å²) in [5.41, 5.74) is -15.8. The van der Waals surface area contributed by atoms with Gasteiger partial charge in [0.15, 0.2) is 5.92 Å². The lowest BCUT2D eigenvalue weighted by molar-refractivity contribution is -0.394. The van der Waals surface area contributed by atoms with Gasteiger partial charge in [0.1, 0.15) is 5.57 Å². The number of carboxylic acid groups (broad SMARTS) is 1. The zero-order chi connectivity index (χ0) is 21.3. The monoisotopic (exact) mass is 420 g/mol. The summed E-state index contributed by atoms with van der Waals surface area (Å²) in [6.07, 6.45) is -28.8. The van der Waals surface area contributed by atoms with Crippen LogP contribution in [0, 0.1) is 11.3 Å². The normalized spacial score (nSPS) is 23.5. The fourth-order valence-corrected chi connectivity index (χ4v) is 2.67. The zero-order valence-corrected chi connectivity index (χ0v) is 11.2. The molecule has 16 heteroatoms. The Bertz CT molecular complexity index is 598. The largest absolute Gasteiger partial charge is 0.481 e. The fraction of sp³-hybridized carbons (Fsp3) is 0.700. The van der Waals surface area contributed by atoms with Crippen molar-refractivity contribution in [1.29, 1.82) is 0 Å². The maximum absolute atomic E-state index is 13.5. The van der Waals surface area contributed by atoms with Gasteiger partial charge in [-0.15, -0.1) is 0 Å². The summed E-state index contributed by atoms with van der Waals surface area (Å²) < 4.78 is 179. The topological polar surface area (TPSA) is 37.3 Å². The second-order valence-corrected chi connectivity index (χ2v) is 4.94. The number of halogens is 14. The van der Waals surface area contributed by atoms with E-state index >= 15 is 0 Å². The lowest BCUT2D eigenvalue weighted by atomic mass is 9.51. The first-order valence-electron chi connectivity index (χ1n) is 5.69. The van der Waals surface area contributed by atoms with E-state index in [1.807, 2.05) is 0 Å². The number of carboxylic acids is 1. The van der Waals surface area contributed by atoms with Gasteiger partial charge in [-0.3, -0.25) is 4.79 Å². The molecule has 0 aromatic heterocycles. The van der Waals surface area contributed by atoms with E-state index in [1.54, 1.807) is 0 Å². The standard InChI is InChI=1S/C10H2F14O2/c11-6(12)1(2(7(13,14)15)8(16,17)18)5(9(19,20)21,10(22,23)24)3(6)4(25)26/h3H,(H,25,26). The highest BCUT2D eigenvalue weighted by Gasteiger charge is 2.93. The first-order valence-corrected chi connectivity index (χ1v) is 5.69. The van der Waals surface area contributed by atoms with Crippen LogP contribution in [-0.4, -0.2) is 41.7 Å². The molecule has 0 aromatic carbocycles. The highest BCUT2D eigenvalue weighted by atomic mass is 19.4. The van der Waals surface area contributed by atoms with Crippen molar-refractivity contribution in [2.24, 2.45) is 11.3 Å². The summed E-state index contributed by atoms with van der Waals surface area (Å²) in [6, 6.07) is 0. The Morgan fingerprint density at radius 3 is 1.27 bits per heavy atom. The number of carbonyl (C=O) groups is 1. The highest BCUT2D eigenvalue weighted by molar-refractivity contribution is 5.79. The van der Waals surface area contributed by atoms with Gasteiger partial charge < -0.3 is 5.11 Å². The van der Waals surface area contributed by atoms with E-state index in [-0.39, 0.29) is 0 Å². The minimum atomic E-state index is -7.27. The van der Waals surface area contributed by atoms with Gasteiger partial charge in [-0.2, -0.15) is 52.7 Å². The Labute approximate surface area is 132 Å². The lowest BCUT2D eigenvalue weighted by Crippen LogP contribution is -2.74. The van der Waals surface area contributed by atoms with Crippen LogP contribution < -0.4 is 0 Å². The number of rotatable bonds is 1. The van der Waals surface area contributed by atoms with Gasteiger partial charge in [0.05, 0.1) is 0 Å². The molecule has 0 amide bonds. The quantitative estimate of drug-likeness (QED) is 0.486. The Kier molecular flexibility index (Phi) is 4.60. The molecule has 1 aliphatic rings. The van der Waals surface area contributed by atoms with Crippen LogP contribution in [0.25, 0.3) is 0 Å². The average Bonchev–Trinajstić information content (AvgIpc) is 2.24. The van der Waals surface area contributed by atoms with E-state index in [4.69, 9.17) is 5.11 Å². The highest BCUT2D eigenvalue weighted by Crippen LogP contribution is 2.75. The second kappa shape index (κ2) is 5.37. The van der Waals surface area contributed by atoms with E-state index in [2.05, 4.69) is 0 Å². The van der Waals surface area contributed by atoms with Crippen molar-refractivity contribution in [2.75, 3.05) is 0 Å². The summed E-state index contributed by atoms with van der Waals surface area (Å²) in [6.45, 7) is 0. The molecule has 1 fully saturated rings. The molecule has 0 heterocycles. The molecule has 1 N–H and O–H groups in total. The van der Waals surface area contributed by atoms with Crippen molar-refractivity contribution in [3.63, 3.8) is 0 Å². The molecular formula is C10H2F14O2. The lowest BCUT2D eigenvalue weighted by Gasteiger charge is -2.55. The predicted molar refractivity (Wildman–Crippen MR) is 49.8 cm³/mol. The number of hydrogen-bond acceptors (Lipinski definition) is 1. The molecule has 152 valence electrons. The average molecular weight is 420 g/mol. The van der Waals surface area contributed by atoms with E-state index in [1.165, 1.54) is 0 Å². The van der Waals surface area contributed by atoms with Gasteiger partial charge in [0, 0.05) is 5.57 Å². The van der Waals surface area contributed by atoms with E-state index < -0.39 is 59.1 Å². The molecule has 2 nitrogen and oxygen atoms in total. The minimum Gasteiger partial charge on any atom is -0.481 e. The molecule has 0 radical (unpaired) electrons. The van der Waals surface area contributed by atoms with Crippen LogP contribution in [0.4, 0.5) is 61.5 Å². The maximum atomic E-state index is 13.5. The summed E-state index contributed by atoms with van der Waals surface area (Å²) in [7, 11) is 0. The third-order valence-electron chi connectivity index (χ3n) is 3.48. The Morgan fingerprint density at radius 1 is 0.769 bits per heavy atom. The van der Waals surface area contributed by atoms with Gasteiger partial charge in [0.2, 0.25) is 5.41 Å². The SMILES string of the molecule is O=C(O)C1C(F)(F)C(=C(C(F)(F)F)C(F)(F)F)C1(C(F)(F)F)C(F)(F)F. The van der Waals surface area contributed by atoms with Crippen molar-refractivity contribution in [3.8, 4) is 0 Å². The van der Waals surface area contributed by atoms with E-state index in [9.17, 15) is 66.3 Å². The van der Waals surface area contributed by atoms with Crippen LogP contribution in [0.5, 0.6) is 0 Å². The van der Waals surface area contributed by atoms with Crippen LogP contribution in [-0.2, 0) is 4.79 Å². The second-order valence-electron chi connectivity index (χ2n) is 4.94. The first-order chi connectivity index (χ1) is 11.1. The molecule has 0 aromatic rings. The minimum absolute atomic E-state index is 3.59. The molecule has 1 saturated carbocycles. The van der Waals surface area contributed by atoms with Crippen molar-refractivity contribution in [3.05, 3.63) is 11.1 Å². The Balaban J connectivity index is 4.24. The van der Waals surface area contributed by atoms with E-state index in [0.717, 1.165) is 0 Å². The fourth-order valence-electron chi connectivity index (χ4n) is 2.67. The van der Waals surface area contributed by atoms with Crippen LogP contribution in [0.2, 0.25) is 0 Å². The molecule has 0 bridgehead atoms. The van der Waals surface area contributed by atoms with Gasteiger partial charge in [0.25, 0.3) is 5.92 Å². The molecule has 0 aliphatic heterocycles. The van der Waals surface area contributed by atoms with Gasteiger partial charge >= 0.3 is 30.7 Å². The molecule has 26 heavy (non-hydrogen) atoms. The van der Waals surface area contributed by atoms with Crippen LogP contribution in [0.1, 0.15) is 0 Å². The van der Waals surface area contributed by atoms with Gasteiger partial charge in [-0.1, -0.05) is 0 Å². The molecule has 1 rings (SSSR count). The molecular weight excluding hydrogens is 418 g/mol. The van der Waals surface area contributed by atoms with Gasteiger partial charge in [-0.05, 0) is 0 Å². The molecule has 1 atom stereocenters. The Morgan fingerprint density at radius 2 is 1.08 bits per heavy atom. The molecule has 1 aliphatic carbocycles. The molecule has 0 spiro atoms. The van der Waals surface area contributed by atoms with Crippen LogP contribution in [0.3, 0.4) is 0 Å². The van der Waals surface area contributed by atoms with Crippen molar-refractivity contribution in [2.45, 2.75) is 30.6 Å². The number of aliphatic carboxylic acids is 1. The summed E-state index contributed by atoms with van der Waals surface area (Å²) in [5, 5.41) is 8.27. The van der Waals surface area contributed by atoms with Crippen molar-refractivity contribution < 1.29 is 71.4 Å². The summed E-state index contributed by atoms with van der Waals surface area (Å²) in [4.78, 5) is 10.5. The van der Waals surface area contributed by atoms with Crippen LogP contribution >= 0.6 is 0 Å². The van der Waals surface area contributed by atoms with E-state index in [0.29, 0.717) is 0 Å². The van der Waals surface area contributed by atoms with Gasteiger partial charge in [-0.25, -0.2) is 8.78 Å². The third kappa shape index (κ3) is 2.76. The van der Waals surface area contributed by atoms with Crippen molar-refractivity contribution >= 4 is 5.97 Å². The number of hydrogen-bond donors (Lipinski definition) is 1. The third-order valence-corrected chi connectivity index (χ3v) is 3.48. The smallest absolute Gasteiger partial charge is 0.421 e. The Hall–Kier alpha value is -1.77. The number of allylic oxidation sites excluding steroid dienone is 2. The number of alkyl halides is 14. The first kappa shape index (κ1) is 22.3. The molecule has 0 saturated heterocycles. The zero-order valence-electron chi connectivity index (χ0n) is 11.2. The maximum Gasteiger partial charge on any atom is 0.421 e. The summed E-state index contributed by atoms with van der Waals surface area (Å²) >= 11 is 0. The molecule has 1 unspecified atom stereocenters. The van der Waals surface area contributed by atoms with Crippen LogP contribution in [0.15, 0.2) is 11.1 Å². The summed E-state index contributed by atoms with van der Waals surface area (Å²) in [5.74, 6) is -14.8.